The predicted molar refractivity (Wildman–Crippen MR) is 151 cm³/mol. The largest absolute Gasteiger partial charge is 0.392 e. The zero-order chi connectivity index (χ0) is 27.1. The molecule has 0 aromatic carbocycles. The number of fused-ring (bicyclic) bond motifs is 3. The van der Waals surface area contributed by atoms with Crippen LogP contribution in [-0.4, -0.2) is 61.3 Å². The Balaban J connectivity index is 1.47. The van der Waals surface area contributed by atoms with E-state index in [0.717, 1.165) is 44.1 Å². The van der Waals surface area contributed by atoms with Crippen molar-refractivity contribution in [2.45, 2.75) is 102 Å². The van der Waals surface area contributed by atoms with Gasteiger partial charge in [-0.1, -0.05) is 61.1 Å². The third-order valence-electron chi connectivity index (χ3n) is 8.36. The number of rotatable bonds is 4. The van der Waals surface area contributed by atoms with Crippen molar-refractivity contribution >= 4 is 5.91 Å². The zero-order valence-electron chi connectivity index (χ0n) is 23.4. The molecule has 0 aromatic rings. The van der Waals surface area contributed by atoms with E-state index in [-0.39, 0.29) is 42.3 Å². The van der Waals surface area contributed by atoms with Gasteiger partial charge in [0.1, 0.15) is 0 Å². The molecule has 1 unspecified atom stereocenters. The summed E-state index contributed by atoms with van der Waals surface area (Å²) >= 11 is 0. The SMILES string of the molecule is C=C1C[C@H](C)C[C@@H]2CC=C[C@@H](C/C=C\C(=O)N[C@H]([C@H](/C=C/[C@@H]3CC(C)=CCO3)OC)C[C@@H]3CC3[C@@H](O)C1)O2. The molecule has 2 N–H and O–H groups in total. The van der Waals surface area contributed by atoms with Crippen molar-refractivity contribution in [3.05, 3.63) is 60.3 Å². The molecule has 4 aliphatic rings. The van der Waals surface area contributed by atoms with Crippen molar-refractivity contribution in [3.63, 3.8) is 0 Å². The molecule has 3 aliphatic heterocycles. The van der Waals surface area contributed by atoms with Crippen LogP contribution in [-0.2, 0) is 19.0 Å². The third kappa shape index (κ3) is 8.77. The van der Waals surface area contributed by atoms with Crippen LogP contribution in [0, 0.1) is 17.8 Å². The molecule has 38 heavy (non-hydrogen) atoms. The topological polar surface area (TPSA) is 77.0 Å². The fourth-order valence-corrected chi connectivity index (χ4v) is 6.23. The molecule has 0 radical (unpaired) electrons. The summed E-state index contributed by atoms with van der Waals surface area (Å²) in [7, 11) is 1.68. The Morgan fingerprint density at radius 1 is 1.18 bits per heavy atom. The number of aliphatic hydroxyl groups is 1. The summed E-state index contributed by atoms with van der Waals surface area (Å²) < 4.78 is 18.0. The maximum atomic E-state index is 13.0. The monoisotopic (exact) mass is 525 g/mol. The van der Waals surface area contributed by atoms with Gasteiger partial charge in [-0.25, -0.2) is 0 Å². The van der Waals surface area contributed by atoms with Gasteiger partial charge in [0.2, 0.25) is 5.91 Å². The van der Waals surface area contributed by atoms with Gasteiger partial charge in [-0.3, -0.25) is 4.79 Å². The van der Waals surface area contributed by atoms with E-state index in [4.69, 9.17) is 14.2 Å². The summed E-state index contributed by atoms with van der Waals surface area (Å²) in [6.07, 6.45) is 20.2. The average Bonchev–Trinajstić information content (AvgIpc) is 3.63. The molecule has 1 aliphatic carbocycles. The van der Waals surface area contributed by atoms with E-state index in [2.05, 4.69) is 50.0 Å². The summed E-state index contributed by atoms with van der Waals surface area (Å²) in [6, 6.07) is -0.201. The van der Waals surface area contributed by atoms with E-state index < -0.39 is 6.10 Å². The van der Waals surface area contributed by atoms with Crippen molar-refractivity contribution in [1.29, 1.82) is 0 Å². The molecule has 0 aromatic heterocycles. The van der Waals surface area contributed by atoms with E-state index in [1.54, 1.807) is 13.2 Å². The standard InChI is InChI=1S/C32H47NO5/c1-21-13-14-37-26(16-21)11-12-31(36-4)29-20-24-19-28(24)30(34)18-23(3)15-22(2)17-27-9-5-7-25(38-27)8-6-10-32(35)33-29/h5-7,10-13,22,24-31,34H,3,8-9,14-20H2,1-2,4H3,(H,33,35)/b10-6-,12-11+/t22-,24-,25-,26+,27-,28?,29-,30-,31-/m0/s1. The normalized spacial score (nSPS) is 38.9. The minimum Gasteiger partial charge on any atom is -0.392 e. The Kier molecular flexibility index (Phi) is 10.6. The molecule has 4 rings (SSSR count). The van der Waals surface area contributed by atoms with E-state index in [1.807, 2.05) is 12.2 Å². The lowest BCUT2D eigenvalue weighted by Crippen LogP contribution is -2.43. The molecule has 1 fully saturated rings. The van der Waals surface area contributed by atoms with Crippen LogP contribution < -0.4 is 5.32 Å². The van der Waals surface area contributed by atoms with Crippen molar-refractivity contribution in [2.24, 2.45) is 17.8 Å². The van der Waals surface area contributed by atoms with Crippen molar-refractivity contribution in [2.75, 3.05) is 13.7 Å². The number of aliphatic hydroxyl groups excluding tert-OH is 1. The Morgan fingerprint density at radius 3 is 2.82 bits per heavy atom. The Hall–Kier alpha value is -1.99. The van der Waals surface area contributed by atoms with Crippen LogP contribution in [0.15, 0.2) is 60.3 Å². The van der Waals surface area contributed by atoms with Gasteiger partial charge in [0.25, 0.3) is 0 Å². The smallest absolute Gasteiger partial charge is 0.243 e. The Bertz CT molecular complexity index is 936. The Morgan fingerprint density at radius 2 is 2.03 bits per heavy atom. The number of methoxy groups -OCH3 is 1. The number of ether oxygens (including phenoxy) is 3. The van der Waals surface area contributed by atoms with Gasteiger partial charge in [0.05, 0.1) is 43.2 Å². The van der Waals surface area contributed by atoms with E-state index >= 15 is 0 Å². The first-order valence-electron chi connectivity index (χ1n) is 14.4. The van der Waals surface area contributed by atoms with Crippen molar-refractivity contribution in [1.82, 2.24) is 5.32 Å². The van der Waals surface area contributed by atoms with Gasteiger partial charge in [-0.2, -0.15) is 0 Å². The Labute approximate surface area is 228 Å². The number of carbonyl (C=O) groups is 1. The van der Waals surface area contributed by atoms with Crippen LogP contribution in [0.5, 0.6) is 0 Å². The van der Waals surface area contributed by atoms with Gasteiger partial charge in [0.15, 0.2) is 0 Å². The maximum absolute atomic E-state index is 13.0. The summed E-state index contributed by atoms with van der Waals surface area (Å²) in [4.78, 5) is 13.0. The lowest BCUT2D eigenvalue weighted by atomic mass is 9.90. The van der Waals surface area contributed by atoms with Gasteiger partial charge in [0, 0.05) is 7.11 Å². The number of hydrogen-bond donors (Lipinski definition) is 2. The van der Waals surface area contributed by atoms with Gasteiger partial charge in [-0.15, -0.1) is 0 Å². The van der Waals surface area contributed by atoms with Crippen LogP contribution >= 0.6 is 0 Å². The second-order valence-electron chi connectivity index (χ2n) is 11.9. The molecular weight excluding hydrogens is 478 g/mol. The minimum absolute atomic E-state index is 0.0143. The third-order valence-corrected chi connectivity index (χ3v) is 8.36. The summed E-state index contributed by atoms with van der Waals surface area (Å²) in [5, 5.41) is 14.2. The molecule has 2 bridgehead atoms. The first-order chi connectivity index (χ1) is 18.3. The second kappa shape index (κ2) is 13.9. The summed E-state index contributed by atoms with van der Waals surface area (Å²) in [5.74, 6) is 0.909. The molecule has 9 atom stereocenters. The number of nitrogens with one attached hydrogen (secondary N) is 1. The van der Waals surface area contributed by atoms with Crippen LogP contribution in [0.3, 0.4) is 0 Å². The fourth-order valence-electron chi connectivity index (χ4n) is 6.23. The number of carbonyl (C=O) groups excluding carboxylic acids is 1. The van der Waals surface area contributed by atoms with Crippen LogP contribution in [0.4, 0.5) is 0 Å². The highest BCUT2D eigenvalue weighted by Gasteiger charge is 2.44. The minimum atomic E-state index is -0.394. The zero-order valence-corrected chi connectivity index (χ0v) is 23.4. The maximum Gasteiger partial charge on any atom is 0.243 e. The van der Waals surface area contributed by atoms with E-state index in [0.29, 0.717) is 31.3 Å². The molecule has 1 amide bonds. The molecule has 210 valence electrons. The predicted octanol–water partition coefficient (Wildman–Crippen LogP) is 5.20. The summed E-state index contributed by atoms with van der Waals surface area (Å²) in [6.45, 7) is 9.28. The first kappa shape index (κ1) is 29.0. The molecule has 0 spiro atoms. The molecule has 6 heteroatoms. The van der Waals surface area contributed by atoms with Crippen LogP contribution in [0.2, 0.25) is 0 Å². The molecule has 0 saturated heterocycles. The van der Waals surface area contributed by atoms with Gasteiger partial charge in [-0.05, 0) is 82.1 Å². The first-order valence-corrected chi connectivity index (χ1v) is 14.4. The van der Waals surface area contributed by atoms with Gasteiger partial charge >= 0.3 is 0 Å². The highest BCUT2D eigenvalue weighted by molar-refractivity contribution is 5.87. The lowest BCUT2D eigenvalue weighted by molar-refractivity contribution is -0.118. The highest BCUT2D eigenvalue weighted by atomic mass is 16.5. The van der Waals surface area contributed by atoms with Crippen molar-refractivity contribution < 1.29 is 24.1 Å². The molecule has 3 heterocycles. The fraction of sp³-hybridized carbons (Fsp3) is 0.656. The average molecular weight is 526 g/mol. The van der Waals surface area contributed by atoms with Crippen molar-refractivity contribution in [3.8, 4) is 0 Å². The summed E-state index contributed by atoms with van der Waals surface area (Å²) in [5.41, 5.74) is 2.44. The molecular formula is C32H47NO5. The van der Waals surface area contributed by atoms with Gasteiger partial charge < -0.3 is 24.6 Å². The lowest BCUT2D eigenvalue weighted by Gasteiger charge is -2.28. The van der Waals surface area contributed by atoms with Crippen LogP contribution in [0.1, 0.15) is 65.2 Å². The number of amides is 1. The quantitative estimate of drug-likeness (QED) is 0.494. The van der Waals surface area contributed by atoms with Crippen LogP contribution in [0.25, 0.3) is 0 Å². The van der Waals surface area contributed by atoms with E-state index in [9.17, 15) is 9.90 Å². The van der Waals surface area contributed by atoms with E-state index in [1.165, 1.54) is 5.57 Å². The molecule has 1 saturated carbocycles. The second-order valence-corrected chi connectivity index (χ2v) is 11.9. The molecule has 6 nitrogen and oxygen atoms in total. The number of hydrogen-bond acceptors (Lipinski definition) is 5. The highest BCUT2D eigenvalue weighted by Crippen LogP contribution is 2.46.